The van der Waals surface area contributed by atoms with Crippen molar-refractivity contribution in [1.29, 1.82) is 0 Å². The van der Waals surface area contributed by atoms with Crippen LogP contribution < -0.4 is 10.1 Å². The summed E-state index contributed by atoms with van der Waals surface area (Å²) in [4.78, 5) is 5.36. The van der Waals surface area contributed by atoms with Crippen molar-refractivity contribution in [2.24, 2.45) is 0 Å². The van der Waals surface area contributed by atoms with Gasteiger partial charge in [0.05, 0.1) is 22.7 Å². The van der Waals surface area contributed by atoms with Gasteiger partial charge in [-0.3, -0.25) is 0 Å². The number of aromatic nitrogens is 3. The second kappa shape index (κ2) is 8.29. The molecule has 5 rings (SSSR count). The number of halogens is 2. The lowest BCUT2D eigenvalue weighted by Gasteiger charge is -2.12. The fraction of sp³-hybridized carbons (Fsp3) is 0.120. The second-order valence-electron chi connectivity index (χ2n) is 7.58. The van der Waals surface area contributed by atoms with E-state index in [1.165, 1.54) is 16.8 Å². The highest BCUT2D eigenvalue weighted by Crippen LogP contribution is 2.37. The van der Waals surface area contributed by atoms with E-state index < -0.39 is 11.6 Å². The van der Waals surface area contributed by atoms with Crippen LogP contribution in [-0.2, 0) is 0 Å². The smallest absolute Gasteiger partial charge is 0.151 e. The molecule has 0 fully saturated rings. The Labute approximate surface area is 193 Å². The third kappa shape index (κ3) is 3.82. The highest BCUT2D eigenvalue weighted by Gasteiger charge is 2.16. The van der Waals surface area contributed by atoms with Crippen LogP contribution in [0.1, 0.15) is 10.7 Å². The number of hydrogen-bond acceptors (Lipinski definition) is 5. The molecule has 8 heteroatoms. The number of aryl methyl sites for hydroxylation is 2. The lowest BCUT2D eigenvalue weighted by atomic mass is 10.1. The molecule has 0 atom stereocenters. The molecule has 3 aromatic carbocycles. The second-order valence-corrected chi connectivity index (χ2v) is 8.81. The fourth-order valence-corrected chi connectivity index (χ4v) is 4.64. The van der Waals surface area contributed by atoms with Gasteiger partial charge in [-0.2, -0.15) is 5.10 Å². The molecule has 0 saturated heterocycles. The maximum absolute atomic E-state index is 14.4. The summed E-state index contributed by atoms with van der Waals surface area (Å²) >= 11 is 1.61. The number of anilines is 2. The van der Waals surface area contributed by atoms with Crippen LogP contribution in [0.15, 0.2) is 60.8 Å². The summed E-state index contributed by atoms with van der Waals surface area (Å²) < 4.78 is 34.9. The SMILES string of the molecule is COc1cc(Nc2cccc3c(C)n(-c4ccc(F)cc4F)nc23)ccc1-c1cnc(C)s1. The fourth-order valence-electron chi connectivity index (χ4n) is 3.83. The Balaban J connectivity index is 1.54. The van der Waals surface area contributed by atoms with Crippen LogP contribution in [0.2, 0.25) is 0 Å². The van der Waals surface area contributed by atoms with Gasteiger partial charge in [-0.05, 0) is 44.2 Å². The molecule has 0 unspecified atom stereocenters. The molecule has 0 bridgehead atoms. The molecule has 0 radical (unpaired) electrons. The normalized spacial score (nSPS) is 11.2. The average Bonchev–Trinajstić information content (AvgIpc) is 3.38. The highest BCUT2D eigenvalue weighted by atomic mass is 32.1. The number of benzene rings is 3. The number of methoxy groups -OCH3 is 1. The van der Waals surface area contributed by atoms with Crippen LogP contribution in [0.5, 0.6) is 5.75 Å². The molecule has 5 nitrogen and oxygen atoms in total. The first-order chi connectivity index (χ1) is 15.9. The molecule has 0 amide bonds. The molecule has 0 aliphatic carbocycles. The average molecular weight is 463 g/mol. The van der Waals surface area contributed by atoms with E-state index in [2.05, 4.69) is 15.4 Å². The van der Waals surface area contributed by atoms with Crippen LogP contribution in [-0.4, -0.2) is 21.9 Å². The Morgan fingerprint density at radius 2 is 1.88 bits per heavy atom. The molecule has 2 heterocycles. The van der Waals surface area contributed by atoms with Crippen molar-refractivity contribution in [3.05, 3.63) is 83.1 Å². The van der Waals surface area contributed by atoms with Gasteiger partial charge in [0, 0.05) is 40.7 Å². The van der Waals surface area contributed by atoms with Crippen LogP contribution in [0.4, 0.5) is 20.2 Å². The number of thiazole rings is 1. The van der Waals surface area contributed by atoms with Gasteiger partial charge in [-0.15, -0.1) is 11.3 Å². The Hall–Kier alpha value is -3.78. The first kappa shape index (κ1) is 21.1. The summed E-state index contributed by atoms with van der Waals surface area (Å²) in [6.45, 7) is 3.83. The highest BCUT2D eigenvalue weighted by molar-refractivity contribution is 7.15. The zero-order valence-corrected chi connectivity index (χ0v) is 19.0. The predicted molar refractivity (Wildman–Crippen MR) is 128 cm³/mol. The van der Waals surface area contributed by atoms with Gasteiger partial charge in [0.15, 0.2) is 5.82 Å². The summed E-state index contributed by atoms with van der Waals surface area (Å²) in [5, 5.41) is 9.89. The van der Waals surface area contributed by atoms with E-state index >= 15 is 0 Å². The minimum atomic E-state index is -0.668. The molecule has 5 aromatic rings. The lowest BCUT2D eigenvalue weighted by molar-refractivity contribution is 0.417. The van der Waals surface area contributed by atoms with Gasteiger partial charge >= 0.3 is 0 Å². The van der Waals surface area contributed by atoms with Crippen molar-refractivity contribution in [1.82, 2.24) is 14.8 Å². The van der Waals surface area contributed by atoms with Crippen LogP contribution in [0.25, 0.3) is 27.0 Å². The molecule has 166 valence electrons. The Morgan fingerprint density at radius 3 is 2.61 bits per heavy atom. The topological polar surface area (TPSA) is 52.0 Å². The summed E-state index contributed by atoms with van der Waals surface area (Å²) in [7, 11) is 1.64. The van der Waals surface area contributed by atoms with E-state index in [4.69, 9.17) is 4.74 Å². The van der Waals surface area contributed by atoms with Gasteiger partial charge < -0.3 is 10.1 Å². The monoisotopic (exact) mass is 462 g/mol. The molecule has 33 heavy (non-hydrogen) atoms. The summed E-state index contributed by atoms with van der Waals surface area (Å²) in [6, 6.07) is 15.1. The molecule has 0 aliphatic rings. The van der Waals surface area contributed by atoms with Gasteiger partial charge in [-0.1, -0.05) is 12.1 Å². The van der Waals surface area contributed by atoms with Gasteiger partial charge in [0.1, 0.15) is 22.8 Å². The quantitative estimate of drug-likeness (QED) is 0.312. The minimum absolute atomic E-state index is 0.196. The summed E-state index contributed by atoms with van der Waals surface area (Å²) in [5.41, 5.74) is 4.19. The van der Waals surface area contributed by atoms with E-state index in [1.54, 1.807) is 18.4 Å². The number of fused-ring (bicyclic) bond motifs is 1. The molecule has 0 spiro atoms. The van der Waals surface area contributed by atoms with Crippen LogP contribution in [0, 0.1) is 25.5 Å². The zero-order valence-electron chi connectivity index (χ0n) is 18.2. The molecule has 2 aromatic heterocycles. The first-order valence-corrected chi connectivity index (χ1v) is 11.1. The van der Waals surface area contributed by atoms with E-state index in [0.717, 1.165) is 49.7 Å². The van der Waals surface area contributed by atoms with Gasteiger partial charge in [-0.25, -0.2) is 18.4 Å². The minimum Gasteiger partial charge on any atom is -0.496 e. The van der Waals surface area contributed by atoms with Gasteiger partial charge in [0.2, 0.25) is 0 Å². The van der Waals surface area contributed by atoms with E-state index in [1.807, 2.05) is 56.4 Å². The molecule has 0 saturated carbocycles. The molecule has 0 aliphatic heterocycles. The third-order valence-corrected chi connectivity index (χ3v) is 6.39. The van der Waals surface area contributed by atoms with E-state index in [-0.39, 0.29) is 5.69 Å². The molecular weight excluding hydrogens is 442 g/mol. The summed E-state index contributed by atoms with van der Waals surface area (Å²) in [6.07, 6.45) is 1.84. The standard InChI is InChI=1S/C25H20F2N4OS/c1-14-18-5-4-6-21(25(18)30-31(14)22-10-7-16(26)11-20(22)27)29-17-8-9-19(23(12-17)32-3)24-13-28-15(2)33-24/h4-13,29H,1-3H3. The van der Waals surface area contributed by atoms with E-state index in [9.17, 15) is 8.78 Å². The lowest BCUT2D eigenvalue weighted by Crippen LogP contribution is -2.02. The maximum atomic E-state index is 14.4. The van der Waals surface area contributed by atoms with E-state index in [0.29, 0.717) is 5.52 Å². The van der Waals surface area contributed by atoms with Crippen LogP contribution >= 0.6 is 11.3 Å². The Morgan fingerprint density at radius 1 is 1.03 bits per heavy atom. The number of ether oxygens (including phenoxy) is 1. The van der Waals surface area contributed by atoms with Crippen LogP contribution in [0.3, 0.4) is 0 Å². The van der Waals surface area contributed by atoms with Crippen molar-refractivity contribution in [2.45, 2.75) is 13.8 Å². The van der Waals surface area contributed by atoms with Crippen molar-refractivity contribution >= 4 is 33.6 Å². The van der Waals surface area contributed by atoms with Gasteiger partial charge in [0.25, 0.3) is 0 Å². The predicted octanol–water partition coefficient (Wildman–Crippen LogP) is 6.80. The van der Waals surface area contributed by atoms with Crippen molar-refractivity contribution < 1.29 is 13.5 Å². The Bertz CT molecular complexity index is 1490. The molecular formula is C25H20F2N4OS. The summed E-state index contributed by atoms with van der Waals surface area (Å²) in [5.74, 6) is -0.566. The first-order valence-electron chi connectivity index (χ1n) is 10.3. The molecule has 1 N–H and O–H groups in total. The number of rotatable bonds is 5. The number of nitrogens with zero attached hydrogens (tertiary/aromatic N) is 3. The van der Waals surface area contributed by atoms with Crippen molar-refractivity contribution in [2.75, 3.05) is 12.4 Å². The Kier molecular flexibility index (Phi) is 5.30. The third-order valence-electron chi connectivity index (χ3n) is 5.45. The number of hydrogen-bond donors (Lipinski definition) is 1. The zero-order chi connectivity index (χ0) is 23.1. The largest absolute Gasteiger partial charge is 0.496 e. The van der Waals surface area contributed by atoms with Crippen molar-refractivity contribution in [3.8, 4) is 21.9 Å². The maximum Gasteiger partial charge on any atom is 0.151 e. The van der Waals surface area contributed by atoms with Crippen molar-refractivity contribution in [3.63, 3.8) is 0 Å². The number of nitrogens with one attached hydrogen (secondary N) is 1.